The number of H-pyrrole nitrogens is 1. The summed E-state index contributed by atoms with van der Waals surface area (Å²) in [5.74, 6) is 1.76. The largest absolute Gasteiger partial charge is 0.354 e. The number of aryl methyl sites for hydroxylation is 5. The minimum atomic E-state index is -0.306. The SMILES string of the molecule is Cc1cccc(-n2c(-c3cc(C(C)(C)c4ccccc4)c(C)c4c3[nH]c3ccccc34)nc3c(-c4ccc5c6cc(-c7cc(C)c(C)cc7C)ccc6n(-c6cc(-c7ccccc7)ccn6)c5c4)cccc32)c1. The van der Waals surface area contributed by atoms with Gasteiger partial charge in [0.2, 0.25) is 0 Å². The molecule has 0 atom stereocenters. The normalized spacial score (nSPS) is 12.0. The zero-order valence-electron chi connectivity index (χ0n) is 42.3. The molecule has 5 heteroatoms. The van der Waals surface area contributed by atoms with Gasteiger partial charge in [-0.15, -0.1) is 0 Å². The molecule has 1 N–H and O–H groups in total. The van der Waals surface area contributed by atoms with Crippen LogP contribution in [-0.2, 0) is 5.41 Å². The third-order valence-electron chi connectivity index (χ3n) is 15.7. The average molecular weight is 942 g/mol. The van der Waals surface area contributed by atoms with Crippen LogP contribution in [0.3, 0.4) is 0 Å². The molecule has 0 unspecified atom stereocenters. The van der Waals surface area contributed by atoms with E-state index in [0.29, 0.717) is 0 Å². The van der Waals surface area contributed by atoms with Crippen molar-refractivity contribution in [2.75, 3.05) is 0 Å². The quantitative estimate of drug-likeness (QED) is 0.165. The van der Waals surface area contributed by atoms with Crippen molar-refractivity contribution < 1.29 is 0 Å². The zero-order chi connectivity index (χ0) is 49.7. The molecule has 9 aromatic carbocycles. The van der Waals surface area contributed by atoms with Gasteiger partial charge in [-0.3, -0.25) is 9.13 Å². The highest BCUT2D eigenvalue weighted by atomic mass is 15.1. The van der Waals surface area contributed by atoms with Crippen molar-refractivity contribution in [3.63, 3.8) is 0 Å². The Morgan fingerprint density at radius 2 is 1.21 bits per heavy atom. The van der Waals surface area contributed by atoms with Crippen molar-refractivity contribution >= 4 is 54.6 Å². The van der Waals surface area contributed by atoms with Crippen LogP contribution in [0.5, 0.6) is 0 Å². The first kappa shape index (κ1) is 44.2. The second-order valence-electron chi connectivity index (χ2n) is 20.6. The van der Waals surface area contributed by atoms with Crippen molar-refractivity contribution in [2.24, 2.45) is 0 Å². The molecular weight excluding hydrogens is 887 g/mol. The highest BCUT2D eigenvalue weighted by molar-refractivity contribution is 6.15. The number of para-hydroxylation sites is 2. The molecule has 13 aromatic rings. The van der Waals surface area contributed by atoms with Crippen molar-refractivity contribution in [1.82, 2.24) is 24.1 Å². The molecule has 5 nitrogen and oxygen atoms in total. The summed E-state index contributed by atoms with van der Waals surface area (Å²) in [6.07, 6.45) is 1.94. The first-order valence-corrected chi connectivity index (χ1v) is 25.4. The molecule has 0 aliphatic rings. The lowest BCUT2D eigenvalue weighted by Crippen LogP contribution is -2.20. The summed E-state index contributed by atoms with van der Waals surface area (Å²) in [4.78, 5) is 14.9. The molecule has 4 heterocycles. The van der Waals surface area contributed by atoms with Gasteiger partial charge in [-0.25, -0.2) is 9.97 Å². The van der Waals surface area contributed by atoms with Gasteiger partial charge < -0.3 is 4.98 Å². The number of aromatic nitrogens is 5. The molecule has 0 spiro atoms. The number of hydrogen-bond acceptors (Lipinski definition) is 2. The zero-order valence-corrected chi connectivity index (χ0v) is 42.3. The highest BCUT2D eigenvalue weighted by Gasteiger charge is 2.30. The molecule has 0 radical (unpaired) electrons. The Balaban J connectivity index is 1.08. The number of hydrogen-bond donors (Lipinski definition) is 1. The topological polar surface area (TPSA) is 51.4 Å². The lowest BCUT2D eigenvalue weighted by molar-refractivity contribution is 0.637. The van der Waals surface area contributed by atoms with E-state index in [1.165, 1.54) is 71.6 Å². The summed E-state index contributed by atoms with van der Waals surface area (Å²) in [5, 5.41) is 4.80. The molecule has 0 saturated carbocycles. The van der Waals surface area contributed by atoms with Crippen molar-refractivity contribution in [3.05, 3.63) is 239 Å². The number of aromatic amines is 1. The summed E-state index contributed by atoms with van der Waals surface area (Å²) < 4.78 is 4.73. The lowest BCUT2D eigenvalue weighted by atomic mass is 9.75. The predicted molar refractivity (Wildman–Crippen MR) is 307 cm³/mol. The Hall–Kier alpha value is -8.80. The molecule has 0 aliphatic heterocycles. The summed E-state index contributed by atoms with van der Waals surface area (Å²) in [6.45, 7) is 15.8. The van der Waals surface area contributed by atoms with Crippen LogP contribution in [0.15, 0.2) is 200 Å². The Morgan fingerprint density at radius 3 is 2.03 bits per heavy atom. The van der Waals surface area contributed by atoms with Crippen LogP contribution in [0.1, 0.15) is 52.8 Å². The standard InChI is InChI=1S/C68H55N5/c1-41-18-16-23-51(34-41)72-61-27-17-25-52(65(61)71-67(72)57-40-58(68(6,7)50-21-12-9-13-22-50)45(5)64-54-24-14-15-26-59(54)70-66(57)64)49-28-30-53-56-37-48(55-36-43(3)42(2)35-44(55)4)29-31-60(56)73(62(53)38-49)63-39-47(32-33-69-63)46-19-10-8-11-20-46/h8-40,70H,1-7H3. The molecule has 4 aromatic heterocycles. The Bertz CT molecular complexity index is 4340. The summed E-state index contributed by atoms with van der Waals surface area (Å²) in [5.41, 5.74) is 23.9. The van der Waals surface area contributed by atoms with E-state index < -0.39 is 0 Å². The molecular formula is C68H55N5. The summed E-state index contributed by atoms with van der Waals surface area (Å²) in [7, 11) is 0. The minimum Gasteiger partial charge on any atom is -0.354 e. The van der Waals surface area contributed by atoms with Crippen molar-refractivity contribution in [2.45, 2.75) is 53.9 Å². The van der Waals surface area contributed by atoms with Gasteiger partial charge in [-0.1, -0.05) is 147 Å². The van der Waals surface area contributed by atoms with Crippen LogP contribution < -0.4 is 0 Å². The fourth-order valence-electron chi connectivity index (χ4n) is 11.8. The molecule has 0 amide bonds. The van der Waals surface area contributed by atoms with Gasteiger partial charge in [-0.2, -0.15) is 0 Å². The third-order valence-corrected chi connectivity index (χ3v) is 15.7. The number of pyridine rings is 1. The summed E-state index contributed by atoms with van der Waals surface area (Å²) >= 11 is 0. The van der Waals surface area contributed by atoms with E-state index >= 15 is 0 Å². The molecule has 352 valence electrons. The van der Waals surface area contributed by atoms with Gasteiger partial charge in [0.05, 0.1) is 27.6 Å². The van der Waals surface area contributed by atoms with E-state index in [1.807, 2.05) is 6.20 Å². The maximum Gasteiger partial charge on any atom is 0.147 e. The third kappa shape index (κ3) is 7.13. The van der Waals surface area contributed by atoms with Crippen molar-refractivity contribution in [3.8, 4) is 56.3 Å². The van der Waals surface area contributed by atoms with E-state index in [0.717, 1.165) is 78.2 Å². The van der Waals surface area contributed by atoms with Gasteiger partial charge in [0.15, 0.2) is 0 Å². The maximum atomic E-state index is 5.85. The number of benzene rings is 9. The second-order valence-corrected chi connectivity index (χ2v) is 20.6. The van der Waals surface area contributed by atoms with Crippen LogP contribution in [0.25, 0.3) is 111 Å². The van der Waals surface area contributed by atoms with Gasteiger partial charge in [0.1, 0.15) is 11.6 Å². The number of nitrogens with zero attached hydrogens (tertiary/aromatic N) is 4. The fourth-order valence-corrected chi connectivity index (χ4v) is 11.8. The number of fused-ring (bicyclic) bond motifs is 7. The van der Waals surface area contributed by atoms with E-state index in [9.17, 15) is 0 Å². The molecule has 0 fully saturated rings. The van der Waals surface area contributed by atoms with E-state index in [-0.39, 0.29) is 5.41 Å². The smallest absolute Gasteiger partial charge is 0.147 e. The van der Waals surface area contributed by atoms with Gasteiger partial charge in [-0.05, 0) is 162 Å². The predicted octanol–water partition coefficient (Wildman–Crippen LogP) is 17.7. The van der Waals surface area contributed by atoms with Crippen LogP contribution in [0.2, 0.25) is 0 Å². The van der Waals surface area contributed by atoms with E-state index in [2.05, 4.69) is 257 Å². The van der Waals surface area contributed by atoms with E-state index in [4.69, 9.17) is 9.97 Å². The average Bonchev–Trinajstić information content (AvgIpc) is 4.11. The van der Waals surface area contributed by atoms with Crippen LogP contribution >= 0.6 is 0 Å². The first-order chi connectivity index (χ1) is 35.5. The van der Waals surface area contributed by atoms with E-state index in [1.54, 1.807) is 0 Å². The maximum absolute atomic E-state index is 5.85. The molecule has 73 heavy (non-hydrogen) atoms. The molecule has 0 aliphatic carbocycles. The monoisotopic (exact) mass is 941 g/mol. The number of imidazole rings is 1. The molecule has 0 saturated heterocycles. The highest BCUT2D eigenvalue weighted by Crippen LogP contribution is 2.46. The Morgan fingerprint density at radius 1 is 0.466 bits per heavy atom. The molecule has 13 rings (SSSR count). The van der Waals surface area contributed by atoms with Gasteiger partial charge in [0.25, 0.3) is 0 Å². The Kier molecular flexibility index (Phi) is 10.2. The first-order valence-electron chi connectivity index (χ1n) is 25.4. The lowest BCUT2D eigenvalue weighted by Gasteiger charge is -2.29. The van der Waals surface area contributed by atoms with Crippen LogP contribution in [-0.4, -0.2) is 24.1 Å². The Labute approximate surface area is 426 Å². The molecule has 0 bridgehead atoms. The summed E-state index contributed by atoms with van der Waals surface area (Å²) in [6, 6.07) is 70.9. The van der Waals surface area contributed by atoms with Gasteiger partial charge in [0, 0.05) is 55.5 Å². The van der Waals surface area contributed by atoms with Crippen LogP contribution in [0.4, 0.5) is 0 Å². The number of rotatable bonds is 8. The van der Waals surface area contributed by atoms with Crippen molar-refractivity contribution in [1.29, 1.82) is 0 Å². The fraction of sp³-hybridized carbons (Fsp3) is 0.118. The van der Waals surface area contributed by atoms with Gasteiger partial charge >= 0.3 is 0 Å². The second kappa shape index (κ2) is 16.9. The van der Waals surface area contributed by atoms with Crippen LogP contribution in [0, 0.1) is 34.6 Å². The minimum absolute atomic E-state index is 0.306. The number of nitrogens with one attached hydrogen (secondary N) is 1.